The number of hydrogen-bond acceptors (Lipinski definition) is 9. The zero-order valence-corrected chi connectivity index (χ0v) is 16.7. The highest BCUT2D eigenvalue weighted by molar-refractivity contribution is 5.96. The van der Waals surface area contributed by atoms with Gasteiger partial charge in [0.15, 0.2) is 18.0 Å². The Morgan fingerprint density at radius 1 is 1.20 bits per heavy atom. The Hall–Kier alpha value is -3.27. The van der Waals surface area contributed by atoms with Gasteiger partial charge in [-0.3, -0.25) is 9.69 Å². The zero-order chi connectivity index (χ0) is 20.7. The summed E-state index contributed by atoms with van der Waals surface area (Å²) in [6.07, 6.45) is 3.51. The highest BCUT2D eigenvalue weighted by atomic mass is 16.5. The second-order valence-electron chi connectivity index (χ2n) is 7.59. The molecule has 1 saturated heterocycles. The van der Waals surface area contributed by atoms with Crippen molar-refractivity contribution in [2.45, 2.75) is 37.2 Å². The predicted octanol–water partition coefficient (Wildman–Crippen LogP) is 1.36. The van der Waals surface area contributed by atoms with Gasteiger partial charge in [-0.15, -0.1) is 0 Å². The summed E-state index contributed by atoms with van der Waals surface area (Å²) in [5.41, 5.74) is 1.09. The minimum Gasteiger partial charge on any atom is -0.497 e. The zero-order valence-electron chi connectivity index (χ0n) is 16.7. The fourth-order valence-corrected chi connectivity index (χ4v) is 3.95. The number of rotatable bonds is 5. The third kappa shape index (κ3) is 3.32. The number of hydrogen-bond donors (Lipinski definition) is 0. The van der Waals surface area contributed by atoms with Gasteiger partial charge in [-0.1, -0.05) is 17.3 Å². The van der Waals surface area contributed by atoms with Gasteiger partial charge in [-0.25, -0.2) is 9.98 Å². The minimum absolute atomic E-state index is 0.0199. The second-order valence-corrected chi connectivity index (χ2v) is 7.59. The molecule has 30 heavy (non-hydrogen) atoms. The molecule has 0 aliphatic carbocycles. The van der Waals surface area contributed by atoms with Crippen molar-refractivity contribution in [1.29, 1.82) is 0 Å². The summed E-state index contributed by atoms with van der Waals surface area (Å²) in [6, 6.07) is 7.45. The van der Waals surface area contributed by atoms with Crippen molar-refractivity contribution in [2.24, 2.45) is 9.98 Å². The van der Waals surface area contributed by atoms with Crippen molar-refractivity contribution in [3.8, 4) is 5.75 Å². The highest BCUT2D eigenvalue weighted by Crippen LogP contribution is 2.37. The molecule has 3 unspecified atom stereocenters. The van der Waals surface area contributed by atoms with Gasteiger partial charge in [0.05, 0.1) is 32.5 Å². The third-order valence-corrected chi connectivity index (χ3v) is 5.66. The molecule has 1 amide bonds. The number of amides is 1. The molecule has 0 N–H and O–H groups in total. The van der Waals surface area contributed by atoms with Crippen LogP contribution in [0.1, 0.15) is 35.7 Å². The number of aromatic nitrogens is 2. The van der Waals surface area contributed by atoms with Gasteiger partial charge in [0.2, 0.25) is 5.89 Å². The van der Waals surface area contributed by atoms with E-state index in [1.54, 1.807) is 18.3 Å². The summed E-state index contributed by atoms with van der Waals surface area (Å²) < 4.78 is 16.6. The van der Waals surface area contributed by atoms with E-state index in [0.717, 1.165) is 17.7 Å². The molecule has 1 aromatic carbocycles. The molecule has 156 valence electrons. The minimum atomic E-state index is -0.411. The first-order valence-corrected chi connectivity index (χ1v) is 9.79. The number of ether oxygens (including phenoxy) is 2. The van der Waals surface area contributed by atoms with Crippen molar-refractivity contribution in [1.82, 2.24) is 19.9 Å². The van der Waals surface area contributed by atoms with Crippen LogP contribution in [0.2, 0.25) is 0 Å². The maximum atomic E-state index is 12.7. The molecule has 4 atom stereocenters. The van der Waals surface area contributed by atoms with Gasteiger partial charge in [0.1, 0.15) is 12.3 Å². The average Bonchev–Trinajstić information content (AvgIpc) is 3.50. The first-order valence-electron chi connectivity index (χ1n) is 9.79. The largest absolute Gasteiger partial charge is 0.497 e. The number of aliphatic imine (C=N–C) groups is 2. The smallest absolute Gasteiger partial charge is 0.255 e. The van der Waals surface area contributed by atoms with Gasteiger partial charge in [-0.05, 0) is 24.1 Å². The monoisotopic (exact) mass is 410 g/mol. The van der Waals surface area contributed by atoms with E-state index in [9.17, 15) is 4.79 Å². The van der Waals surface area contributed by atoms with Crippen LogP contribution in [0.5, 0.6) is 5.75 Å². The summed E-state index contributed by atoms with van der Waals surface area (Å²) >= 11 is 0. The van der Waals surface area contributed by atoms with Crippen molar-refractivity contribution in [2.75, 3.05) is 20.8 Å². The molecule has 10 heteroatoms. The molecule has 0 spiro atoms. The Morgan fingerprint density at radius 3 is 2.80 bits per heavy atom. The van der Waals surface area contributed by atoms with Crippen LogP contribution in [0.15, 0.2) is 38.8 Å². The molecule has 1 fully saturated rings. The molecule has 0 radical (unpaired) electrons. The molecule has 5 rings (SSSR count). The average molecular weight is 410 g/mol. The van der Waals surface area contributed by atoms with E-state index in [0.29, 0.717) is 18.3 Å². The van der Waals surface area contributed by atoms with E-state index in [1.807, 2.05) is 31.3 Å². The van der Waals surface area contributed by atoms with E-state index in [1.165, 1.54) is 11.2 Å². The second kappa shape index (κ2) is 7.52. The van der Waals surface area contributed by atoms with E-state index in [4.69, 9.17) is 14.0 Å². The first-order chi connectivity index (χ1) is 14.6. The van der Waals surface area contributed by atoms with E-state index < -0.39 is 6.04 Å². The number of carbonyl (C=O) groups is 1. The number of likely N-dealkylation sites (N-methyl/N-ethyl adjacent to an activating group) is 1. The lowest BCUT2D eigenvalue weighted by Crippen LogP contribution is -2.51. The lowest BCUT2D eigenvalue weighted by Gasteiger charge is -2.29. The normalized spacial score (nSPS) is 27.7. The lowest BCUT2D eigenvalue weighted by molar-refractivity contribution is -0.132. The van der Waals surface area contributed by atoms with E-state index >= 15 is 0 Å². The Bertz CT molecular complexity index is 987. The number of fused-ring (bicyclic) bond motifs is 1. The van der Waals surface area contributed by atoms with Gasteiger partial charge >= 0.3 is 0 Å². The highest BCUT2D eigenvalue weighted by Gasteiger charge is 2.40. The lowest BCUT2D eigenvalue weighted by atomic mass is 10.00. The van der Waals surface area contributed by atoms with Crippen molar-refractivity contribution in [3.63, 3.8) is 0 Å². The quantitative estimate of drug-likeness (QED) is 0.733. The van der Waals surface area contributed by atoms with E-state index in [-0.39, 0.29) is 30.6 Å². The number of carbonyl (C=O) groups excluding carboxylic acids is 1. The van der Waals surface area contributed by atoms with Crippen molar-refractivity contribution in [3.05, 3.63) is 41.5 Å². The maximum Gasteiger partial charge on any atom is 0.255 e. The Kier molecular flexibility index (Phi) is 4.70. The summed E-state index contributed by atoms with van der Waals surface area (Å²) in [6.45, 7) is 0.702. The molecule has 0 saturated carbocycles. The fourth-order valence-electron chi connectivity index (χ4n) is 3.95. The first kappa shape index (κ1) is 18.7. The number of methoxy groups -OCH3 is 1. The van der Waals surface area contributed by atoms with Crippen LogP contribution >= 0.6 is 0 Å². The van der Waals surface area contributed by atoms with Gasteiger partial charge in [0.25, 0.3) is 5.91 Å². The molecule has 4 heterocycles. The van der Waals surface area contributed by atoms with Gasteiger partial charge in [0, 0.05) is 13.0 Å². The molecular formula is C20H22N6O4. The molecule has 0 bridgehead atoms. The van der Waals surface area contributed by atoms with Crippen LogP contribution in [-0.2, 0) is 16.1 Å². The number of benzene rings is 1. The Morgan fingerprint density at radius 2 is 2.00 bits per heavy atom. The number of nitrogens with zero attached hydrogens (tertiary/aromatic N) is 6. The summed E-state index contributed by atoms with van der Waals surface area (Å²) in [7, 11) is 3.46. The third-order valence-electron chi connectivity index (χ3n) is 5.66. The summed E-state index contributed by atoms with van der Waals surface area (Å²) in [5.74, 6) is 1.74. The molecule has 10 nitrogen and oxygen atoms in total. The van der Waals surface area contributed by atoms with Crippen LogP contribution in [0, 0.1) is 0 Å². The van der Waals surface area contributed by atoms with Crippen LogP contribution in [0.4, 0.5) is 0 Å². The fraction of sp³-hybridized carbons (Fsp3) is 0.450. The van der Waals surface area contributed by atoms with Gasteiger partial charge in [-0.2, -0.15) is 4.98 Å². The standard InChI is InChI=1S/C20H22N6O4/c1-25-10-21-19-17(25)20(27)26(11-22-19)8-16-23-18(24-30-16)13-7-15(29-9-13)12-3-5-14(28-2)6-4-12/h3-6,10-11,13,15,17,19H,7-9H2,1-2H3/t13?,15-,17?,19?/m1/s1. The van der Waals surface area contributed by atoms with Crippen LogP contribution < -0.4 is 4.74 Å². The molecule has 3 aliphatic rings. The molecule has 2 aromatic rings. The molecule has 1 aromatic heterocycles. The Labute approximate surface area is 173 Å². The topological polar surface area (TPSA) is 106 Å². The molecule has 3 aliphatic heterocycles. The summed E-state index contributed by atoms with van der Waals surface area (Å²) in [4.78, 5) is 29.0. The molecular weight excluding hydrogens is 388 g/mol. The van der Waals surface area contributed by atoms with Crippen LogP contribution in [0.3, 0.4) is 0 Å². The SMILES string of the molecule is COc1ccc([C@H]2CC(c3noc(CN4C=NC5N=CN(C)C5C4=O)n3)CO2)cc1. The van der Waals surface area contributed by atoms with Gasteiger partial charge < -0.3 is 18.9 Å². The van der Waals surface area contributed by atoms with Crippen molar-refractivity contribution >= 4 is 18.6 Å². The maximum absolute atomic E-state index is 12.7. The predicted molar refractivity (Wildman–Crippen MR) is 106 cm³/mol. The Balaban J connectivity index is 1.23. The van der Waals surface area contributed by atoms with Crippen LogP contribution in [-0.4, -0.2) is 71.5 Å². The van der Waals surface area contributed by atoms with Crippen molar-refractivity contribution < 1.29 is 18.8 Å². The van der Waals surface area contributed by atoms with Crippen LogP contribution in [0.25, 0.3) is 0 Å². The summed E-state index contributed by atoms with van der Waals surface area (Å²) in [5, 5.41) is 4.12. The van der Waals surface area contributed by atoms with E-state index in [2.05, 4.69) is 20.1 Å².